The van der Waals surface area contributed by atoms with Crippen LogP contribution in [0.4, 0.5) is 4.79 Å². The molecule has 4 heteroatoms. The third kappa shape index (κ3) is 3.06. The molecule has 0 radical (unpaired) electrons. The fourth-order valence-electron chi connectivity index (χ4n) is 1.26. The molecule has 14 heavy (non-hydrogen) atoms. The maximum absolute atomic E-state index is 10.3. The lowest BCUT2D eigenvalue weighted by Crippen LogP contribution is -2.32. The van der Waals surface area contributed by atoms with Gasteiger partial charge in [-0.1, -0.05) is 30.3 Å². The zero-order chi connectivity index (χ0) is 10.4. The number of carbonyl (C=O) groups is 1. The smallest absolute Gasteiger partial charge is 0.404 e. The highest BCUT2D eigenvalue weighted by atomic mass is 16.4. The molecule has 4 nitrogen and oxygen atoms in total. The van der Waals surface area contributed by atoms with E-state index >= 15 is 0 Å². The van der Waals surface area contributed by atoms with Gasteiger partial charge in [-0.25, -0.2) is 4.79 Å². The summed E-state index contributed by atoms with van der Waals surface area (Å²) in [6.45, 7) is 0.371. The van der Waals surface area contributed by atoms with Crippen molar-refractivity contribution < 1.29 is 9.90 Å². The van der Waals surface area contributed by atoms with Crippen molar-refractivity contribution in [3.63, 3.8) is 0 Å². The van der Waals surface area contributed by atoms with Crippen molar-refractivity contribution in [2.24, 2.45) is 0 Å². The molecule has 0 spiro atoms. The Hall–Kier alpha value is -1.55. The molecule has 0 heterocycles. The second-order valence-electron chi connectivity index (χ2n) is 2.94. The molecule has 1 atom stereocenters. The van der Waals surface area contributed by atoms with Crippen LogP contribution in [0.25, 0.3) is 0 Å². The fraction of sp³-hybridized carbons (Fsp3) is 0.300. The molecule has 0 saturated carbocycles. The average Bonchev–Trinajstić information content (AvgIpc) is 2.20. The molecule has 0 bridgehead atoms. The Bertz CT molecular complexity index is 287. The third-order valence-electron chi connectivity index (χ3n) is 2.01. The summed E-state index contributed by atoms with van der Waals surface area (Å²) in [6.07, 6.45) is -0.999. The molecule has 76 valence electrons. The molecule has 0 aliphatic heterocycles. The predicted molar refractivity (Wildman–Crippen MR) is 54.3 cm³/mol. The van der Waals surface area contributed by atoms with Gasteiger partial charge in [0.1, 0.15) is 0 Å². The van der Waals surface area contributed by atoms with Crippen LogP contribution >= 0.6 is 0 Å². The zero-order valence-corrected chi connectivity index (χ0v) is 8.03. The van der Waals surface area contributed by atoms with E-state index in [0.717, 1.165) is 5.56 Å². The Balaban J connectivity index is 2.58. The average molecular weight is 194 g/mol. The maximum Gasteiger partial charge on any atom is 0.404 e. The molecule has 1 aromatic rings. The van der Waals surface area contributed by atoms with Gasteiger partial charge in [0, 0.05) is 12.6 Å². The van der Waals surface area contributed by atoms with E-state index in [0.29, 0.717) is 6.54 Å². The Labute approximate surface area is 82.9 Å². The molecule has 0 fully saturated rings. The van der Waals surface area contributed by atoms with E-state index in [9.17, 15) is 4.79 Å². The van der Waals surface area contributed by atoms with E-state index in [2.05, 4.69) is 10.6 Å². The first-order valence-electron chi connectivity index (χ1n) is 4.43. The summed E-state index contributed by atoms with van der Waals surface area (Å²) >= 11 is 0. The Morgan fingerprint density at radius 3 is 2.57 bits per heavy atom. The second kappa shape index (κ2) is 5.24. The number of carboxylic acid groups (broad SMARTS) is 1. The van der Waals surface area contributed by atoms with Crippen LogP contribution in [0.3, 0.4) is 0 Å². The highest BCUT2D eigenvalue weighted by molar-refractivity contribution is 5.64. The van der Waals surface area contributed by atoms with Crippen molar-refractivity contribution in [3.8, 4) is 0 Å². The number of nitrogens with one attached hydrogen (secondary N) is 2. The number of likely N-dealkylation sites (N-methyl/N-ethyl adjacent to an activating group) is 1. The SMILES string of the molecule is CN[C@H](CNC(=O)O)c1ccccc1. The van der Waals surface area contributed by atoms with Gasteiger partial charge in [0.05, 0.1) is 0 Å². The van der Waals surface area contributed by atoms with Crippen LogP contribution in [0.1, 0.15) is 11.6 Å². The van der Waals surface area contributed by atoms with Gasteiger partial charge in [0.25, 0.3) is 0 Å². The van der Waals surface area contributed by atoms with E-state index < -0.39 is 6.09 Å². The quantitative estimate of drug-likeness (QED) is 0.675. The molecule has 1 aromatic carbocycles. The first-order valence-corrected chi connectivity index (χ1v) is 4.43. The number of hydrogen-bond donors (Lipinski definition) is 3. The van der Waals surface area contributed by atoms with Crippen molar-refractivity contribution in [2.75, 3.05) is 13.6 Å². The minimum Gasteiger partial charge on any atom is -0.465 e. The molecular weight excluding hydrogens is 180 g/mol. The van der Waals surface area contributed by atoms with Gasteiger partial charge >= 0.3 is 6.09 Å². The van der Waals surface area contributed by atoms with Gasteiger partial charge in [-0.05, 0) is 12.6 Å². The summed E-state index contributed by atoms with van der Waals surface area (Å²) in [7, 11) is 1.81. The minimum atomic E-state index is -0.999. The number of amides is 1. The standard InChI is InChI=1S/C10H14N2O2/c1-11-9(7-12-10(13)14)8-5-3-2-4-6-8/h2-6,9,11-12H,7H2,1H3,(H,13,14)/t9-/m1/s1. The lowest BCUT2D eigenvalue weighted by atomic mass is 10.1. The van der Waals surface area contributed by atoms with Crippen molar-refractivity contribution in [2.45, 2.75) is 6.04 Å². The van der Waals surface area contributed by atoms with Crippen LogP contribution in [-0.2, 0) is 0 Å². The van der Waals surface area contributed by atoms with Crippen LogP contribution in [0, 0.1) is 0 Å². The maximum atomic E-state index is 10.3. The highest BCUT2D eigenvalue weighted by Gasteiger charge is 2.08. The molecule has 1 rings (SSSR count). The summed E-state index contributed by atoms with van der Waals surface area (Å²) in [5, 5.41) is 13.9. The number of rotatable bonds is 4. The van der Waals surface area contributed by atoms with E-state index in [1.807, 2.05) is 30.3 Å². The van der Waals surface area contributed by atoms with Gasteiger partial charge in [-0.3, -0.25) is 0 Å². The first kappa shape index (κ1) is 10.5. The van der Waals surface area contributed by atoms with Gasteiger partial charge in [-0.15, -0.1) is 0 Å². The molecule has 3 N–H and O–H groups in total. The Morgan fingerprint density at radius 1 is 1.43 bits per heavy atom. The molecule has 0 unspecified atom stereocenters. The second-order valence-corrected chi connectivity index (χ2v) is 2.94. The summed E-state index contributed by atoms with van der Waals surface area (Å²) in [5.41, 5.74) is 1.07. The zero-order valence-electron chi connectivity index (χ0n) is 8.03. The van der Waals surface area contributed by atoms with Crippen LogP contribution < -0.4 is 10.6 Å². The van der Waals surface area contributed by atoms with E-state index in [4.69, 9.17) is 5.11 Å². The first-order chi connectivity index (χ1) is 6.74. The van der Waals surface area contributed by atoms with Gasteiger partial charge in [0.15, 0.2) is 0 Å². The summed E-state index contributed by atoms with van der Waals surface area (Å²) < 4.78 is 0. The Kier molecular flexibility index (Phi) is 3.94. The minimum absolute atomic E-state index is 0.0206. The van der Waals surface area contributed by atoms with Crippen LogP contribution in [0.2, 0.25) is 0 Å². The van der Waals surface area contributed by atoms with E-state index in [1.165, 1.54) is 0 Å². The van der Waals surface area contributed by atoms with E-state index in [1.54, 1.807) is 7.05 Å². The molecule has 0 aromatic heterocycles. The molecule has 1 amide bonds. The molecular formula is C10H14N2O2. The predicted octanol–water partition coefficient (Wildman–Crippen LogP) is 1.21. The third-order valence-corrected chi connectivity index (χ3v) is 2.01. The van der Waals surface area contributed by atoms with Crippen LogP contribution in [0.15, 0.2) is 30.3 Å². The summed E-state index contributed by atoms with van der Waals surface area (Å²) in [6, 6.07) is 9.74. The topological polar surface area (TPSA) is 61.4 Å². The van der Waals surface area contributed by atoms with Crippen molar-refractivity contribution in [3.05, 3.63) is 35.9 Å². The van der Waals surface area contributed by atoms with Gasteiger partial charge in [0.2, 0.25) is 0 Å². The molecule has 0 aliphatic carbocycles. The van der Waals surface area contributed by atoms with E-state index in [-0.39, 0.29) is 6.04 Å². The Morgan fingerprint density at radius 2 is 2.07 bits per heavy atom. The largest absolute Gasteiger partial charge is 0.465 e. The fourth-order valence-corrected chi connectivity index (χ4v) is 1.26. The highest BCUT2D eigenvalue weighted by Crippen LogP contribution is 2.10. The van der Waals surface area contributed by atoms with Crippen LogP contribution in [0.5, 0.6) is 0 Å². The van der Waals surface area contributed by atoms with Gasteiger partial charge in [-0.2, -0.15) is 0 Å². The van der Waals surface area contributed by atoms with Crippen molar-refractivity contribution >= 4 is 6.09 Å². The normalized spacial score (nSPS) is 12.1. The molecule has 0 saturated heterocycles. The monoisotopic (exact) mass is 194 g/mol. The summed E-state index contributed by atoms with van der Waals surface area (Å²) in [5.74, 6) is 0. The van der Waals surface area contributed by atoms with Gasteiger partial charge < -0.3 is 15.7 Å². The van der Waals surface area contributed by atoms with Crippen molar-refractivity contribution in [1.82, 2.24) is 10.6 Å². The molecule has 0 aliphatic rings. The summed E-state index contributed by atoms with van der Waals surface area (Å²) in [4.78, 5) is 10.3. The number of benzene rings is 1. The van der Waals surface area contributed by atoms with Crippen LogP contribution in [-0.4, -0.2) is 24.8 Å². The van der Waals surface area contributed by atoms with Crippen molar-refractivity contribution in [1.29, 1.82) is 0 Å². The lowest BCUT2D eigenvalue weighted by Gasteiger charge is -2.15. The number of hydrogen-bond acceptors (Lipinski definition) is 2. The lowest BCUT2D eigenvalue weighted by molar-refractivity contribution is 0.193.